The molecule has 0 aromatic carbocycles. The van der Waals surface area contributed by atoms with Crippen molar-refractivity contribution in [3.8, 4) is 0 Å². The van der Waals surface area contributed by atoms with Crippen molar-refractivity contribution in [2.75, 3.05) is 13.7 Å². The van der Waals surface area contributed by atoms with Crippen molar-refractivity contribution in [2.45, 2.75) is 76.3 Å². The third-order valence-electron chi connectivity index (χ3n) is 3.71. The quantitative estimate of drug-likeness (QED) is 0.307. The second-order valence-corrected chi connectivity index (χ2v) is 7.38. The van der Waals surface area contributed by atoms with E-state index in [-0.39, 0.29) is 6.61 Å². The molecule has 0 aliphatic rings. The van der Waals surface area contributed by atoms with Crippen LogP contribution in [0.3, 0.4) is 0 Å². The normalized spacial score (nSPS) is 18.7. The number of carbonyl (C=O) groups is 2. The molecule has 0 saturated carbocycles. The van der Waals surface area contributed by atoms with Gasteiger partial charge in [-0.3, -0.25) is 0 Å². The first-order chi connectivity index (χ1) is 11.6. The van der Waals surface area contributed by atoms with Gasteiger partial charge in [0.05, 0.1) is 17.8 Å². The lowest BCUT2D eigenvalue weighted by Crippen LogP contribution is -2.56. The summed E-state index contributed by atoms with van der Waals surface area (Å²) in [7, 11) is 1.27. The standard InChI is InChI=1S/C16H30O10/c1-15(2,3)25-7-8(9(17)10(18)13(20)21)26-12(11(19)14(22)23)16(4,5)24-6/h8-12,17-19H,7H2,1-6H3,(H,20,21)(H,22,23)/t8?,9-,10?,11+,12?/m1/s1. The van der Waals surface area contributed by atoms with Gasteiger partial charge in [0, 0.05) is 7.11 Å². The average Bonchev–Trinajstić information content (AvgIpc) is 2.51. The van der Waals surface area contributed by atoms with Crippen LogP contribution in [-0.2, 0) is 23.8 Å². The number of aliphatic hydroxyl groups is 3. The summed E-state index contributed by atoms with van der Waals surface area (Å²) in [5.41, 5.74) is -2.00. The van der Waals surface area contributed by atoms with Crippen molar-refractivity contribution in [1.29, 1.82) is 0 Å². The highest BCUT2D eigenvalue weighted by molar-refractivity contribution is 5.73. The first-order valence-electron chi connectivity index (χ1n) is 7.98. The number of hydrogen-bond acceptors (Lipinski definition) is 8. The van der Waals surface area contributed by atoms with Crippen LogP contribution in [0.2, 0.25) is 0 Å². The molecule has 0 heterocycles. The molecule has 0 amide bonds. The van der Waals surface area contributed by atoms with Crippen molar-refractivity contribution >= 4 is 11.9 Å². The number of aliphatic hydroxyl groups excluding tert-OH is 3. The van der Waals surface area contributed by atoms with Crippen molar-refractivity contribution < 1.29 is 49.3 Å². The van der Waals surface area contributed by atoms with Gasteiger partial charge in [0.2, 0.25) is 0 Å². The molecule has 0 aromatic rings. The van der Waals surface area contributed by atoms with Crippen LogP contribution < -0.4 is 0 Å². The highest BCUT2D eigenvalue weighted by Crippen LogP contribution is 2.24. The van der Waals surface area contributed by atoms with E-state index in [0.29, 0.717) is 0 Å². The molecular weight excluding hydrogens is 352 g/mol. The van der Waals surface area contributed by atoms with Crippen LogP contribution in [0.4, 0.5) is 0 Å². The van der Waals surface area contributed by atoms with Gasteiger partial charge in [-0.15, -0.1) is 0 Å². The fourth-order valence-corrected chi connectivity index (χ4v) is 1.95. The minimum atomic E-state index is -2.20. The van der Waals surface area contributed by atoms with E-state index in [4.69, 9.17) is 24.4 Å². The predicted octanol–water partition coefficient (Wildman–Crippen LogP) is -0.768. The average molecular weight is 382 g/mol. The largest absolute Gasteiger partial charge is 0.479 e. The van der Waals surface area contributed by atoms with Crippen LogP contribution in [0.1, 0.15) is 34.6 Å². The van der Waals surface area contributed by atoms with Crippen molar-refractivity contribution in [2.24, 2.45) is 0 Å². The molecule has 5 atom stereocenters. The molecule has 5 N–H and O–H groups in total. The number of carboxylic acid groups (broad SMARTS) is 2. The van der Waals surface area contributed by atoms with Gasteiger partial charge in [-0.05, 0) is 34.6 Å². The second kappa shape index (κ2) is 9.58. The summed E-state index contributed by atoms with van der Waals surface area (Å²) >= 11 is 0. The molecule has 3 unspecified atom stereocenters. The zero-order chi connectivity index (χ0) is 20.9. The van der Waals surface area contributed by atoms with Crippen LogP contribution in [0.25, 0.3) is 0 Å². The summed E-state index contributed by atoms with van der Waals surface area (Å²) in [4.78, 5) is 22.1. The van der Waals surface area contributed by atoms with E-state index in [0.717, 1.165) is 0 Å². The Bertz CT molecular complexity index is 470. The van der Waals surface area contributed by atoms with Crippen LogP contribution in [0.15, 0.2) is 0 Å². The highest BCUT2D eigenvalue weighted by Gasteiger charge is 2.44. The van der Waals surface area contributed by atoms with E-state index in [1.165, 1.54) is 21.0 Å². The van der Waals surface area contributed by atoms with E-state index in [9.17, 15) is 24.9 Å². The summed E-state index contributed by atoms with van der Waals surface area (Å²) in [6.45, 7) is 7.64. The molecule has 10 heteroatoms. The zero-order valence-electron chi connectivity index (χ0n) is 15.9. The van der Waals surface area contributed by atoms with Crippen LogP contribution in [0, 0.1) is 0 Å². The smallest absolute Gasteiger partial charge is 0.335 e. The predicted molar refractivity (Wildman–Crippen MR) is 88.7 cm³/mol. The van der Waals surface area contributed by atoms with E-state index in [2.05, 4.69) is 0 Å². The lowest BCUT2D eigenvalue weighted by Gasteiger charge is -2.39. The molecule has 0 saturated heterocycles. The molecule has 154 valence electrons. The molecule has 0 aliphatic heterocycles. The van der Waals surface area contributed by atoms with Gasteiger partial charge in [0.15, 0.2) is 12.2 Å². The van der Waals surface area contributed by atoms with Gasteiger partial charge < -0.3 is 39.7 Å². The fraction of sp³-hybridized carbons (Fsp3) is 0.875. The van der Waals surface area contributed by atoms with Gasteiger partial charge in [0.1, 0.15) is 18.3 Å². The first kappa shape index (κ1) is 24.7. The molecule has 0 bridgehead atoms. The number of ether oxygens (including phenoxy) is 3. The summed E-state index contributed by atoms with van der Waals surface area (Å²) in [6.07, 6.45) is -9.11. The van der Waals surface area contributed by atoms with Crippen LogP contribution >= 0.6 is 0 Å². The summed E-state index contributed by atoms with van der Waals surface area (Å²) in [6, 6.07) is 0. The Balaban J connectivity index is 5.67. The number of aliphatic carboxylic acids is 2. The number of carboxylic acids is 2. The van der Waals surface area contributed by atoms with E-state index >= 15 is 0 Å². The first-order valence-corrected chi connectivity index (χ1v) is 7.98. The molecule has 0 radical (unpaired) electrons. The molecule has 0 fully saturated rings. The van der Waals surface area contributed by atoms with Crippen LogP contribution in [0.5, 0.6) is 0 Å². The van der Waals surface area contributed by atoms with Gasteiger partial charge in [-0.25, -0.2) is 9.59 Å². The maximum atomic E-state index is 11.2. The minimum Gasteiger partial charge on any atom is -0.479 e. The van der Waals surface area contributed by atoms with E-state index in [1.54, 1.807) is 20.8 Å². The molecule has 0 aromatic heterocycles. The molecule has 0 rings (SSSR count). The Morgan fingerprint density at radius 3 is 1.73 bits per heavy atom. The molecule has 0 spiro atoms. The van der Waals surface area contributed by atoms with Crippen molar-refractivity contribution in [3.05, 3.63) is 0 Å². The highest BCUT2D eigenvalue weighted by atomic mass is 16.6. The Hall–Kier alpha value is -1.30. The Morgan fingerprint density at radius 1 is 0.923 bits per heavy atom. The van der Waals surface area contributed by atoms with Gasteiger partial charge in [-0.2, -0.15) is 0 Å². The third kappa shape index (κ3) is 7.52. The van der Waals surface area contributed by atoms with Gasteiger partial charge in [-0.1, -0.05) is 0 Å². The van der Waals surface area contributed by atoms with Crippen LogP contribution in [-0.4, -0.2) is 92.9 Å². The SMILES string of the molecule is COC(C)(C)C(OC(COC(C)(C)C)[C@@H](O)C(O)C(=O)O)[C@H](O)C(=O)O. The Labute approximate surface area is 152 Å². The fourth-order valence-electron chi connectivity index (χ4n) is 1.95. The van der Waals surface area contributed by atoms with E-state index in [1.807, 2.05) is 0 Å². The second-order valence-electron chi connectivity index (χ2n) is 7.38. The zero-order valence-corrected chi connectivity index (χ0v) is 15.9. The lowest BCUT2D eigenvalue weighted by molar-refractivity contribution is -0.223. The summed E-state index contributed by atoms with van der Waals surface area (Å²) in [5.74, 6) is -3.29. The topological polar surface area (TPSA) is 163 Å². The van der Waals surface area contributed by atoms with Crippen molar-refractivity contribution in [1.82, 2.24) is 0 Å². The minimum absolute atomic E-state index is 0.363. The summed E-state index contributed by atoms with van der Waals surface area (Å²) < 4.78 is 16.1. The maximum Gasteiger partial charge on any atom is 0.335 e. The van der Waals surface area contributed by atoms with Gasteiger partial charge >= 0.3 is 11.9 Å². The monoisotopic (exact) mass is 382 g/mol. The number of hydrogen-bond donors (Lipinski definition) is 5. The Morgan fingerprint density at radius 2 is 1.38 bits per heavy atom. The van der Waals surface area contributed by atoms with Gasteiger partial charge in [0.25, 0.3) is 0 Å². The summed E-state index contributed by atoms with van der Waals surface area (Å²) in [5, 5.41) is 47.7. The van der Waals surface area contributed by atoms with Crippen molar-refractivity contribution in [3.63, 3.8) is 0 Å². The number of methoxy groups -OCH3 is 1. The molecular formula is C16H30O10. The number of rotatable bonds is 11. The third-order valence-corrected chi connectivity index (χ3v) is 3.71. The molecule has 0 aliphatic carbocycles. The van der Waals surface area contributed by atoms with E-state index < -0.39 is 53.7 Å². The maximum absolute atomic E-state index is 11.2. The molecule has 10 nitrogen and oxygen atoms in total. The Kier molecular flexibility index (Phi) is 9.10. The lowest BCUT2D eigenvalue weighted by atomic mass is 9.95. The molecule has 26 heavy (non-hydrogen) atoms.